The summed E-state index contributed by atoms with van der Waals surface area (Å²) in [5.74, 6) is -1.75. The van der Waals surface area contributed by atoms with E-state index in [-0.39, 0.29) is 11.3 Å². The Balaban J connectivity index is 2.27. The van der Waals surface area contributed by atoms with Gasteiger partial charge in [-0.3, -0.25) is 9.59 Å². The lowest BCUT2D eigenvalue weighted by atomic mass is 10.2. The molecule has 2 rings (SSSR count). The van der Waals surface area contributed by atoms with Crippen LogP contribution in [0.15, 0.2) is 28.1 Å². The molecule has 0 spiro atoms. The van der Waals surface area contributed by atoms with E-state index in [4.69, 9.17) is 5.73 Å². The molecule has 0 unspecified atom stereocenters. The van der Waals surface area contributed by atoms with E-state index in [0.29, 0.717) is 4.88 Å². The average Bonchev–Trinajstić information content (AvgIpc) is 2.72. The largest absolute Gasteiger partial charge is 0.366 e. The molecular formula is C13H10BrFN2O2S. The fraction of sp³-hybridized carbons (Fsp3) is 0.0769. The molecule has 0 aliphatic carbocycles. The maximum atomic E-state index is 13.6. The van der Waals surface area contributed by atoms with Gasteiger partial charge in [-0.15, -0.1) is 11.3 Å². The Bertz CT molecular complexity index is 680. The minimum atomic E-state index is -0.685. The molecule has 0 aliphatic heterocycles. The number of nitrogens with one attached hydrogen (secondary N) is 1. The van der Waals surface area contributed by atoms with Gasteiger partial charge in [0.1, 0.15) is 5.82 Å². The van der Waals surface area contributed by atoms with Gasteiger partial charge < -0.3 is 11.1 Å². The van der Waals surface area contributed by atoms with Crippen LogP contribution in [-0.4, -0.2) is 11.8 Å². The van der Waals surface area contributed by atoms with Gasteiger partial charge in [0.05, 0.1) is 14.4 Å². The van der Waals surface area contributed by atoms with Gasteiger partial charge in [0.15, 0.2) is 0 Å². The molecule has 0 radical (unpaired) electrons. The summed E-state index contributed by atoms with van der Waals surface area (Å²) >= 11 is 4.57. The third-order valence-electron chi connectivity index (χ3n) is 2.58. The van der Waals surface area contributed by atoms with Gasteiger partial charge in [-0.2, -0.15) is 0 Å². The zero-order chi connectivity index (χ0) is 14.9. The summed E-state index contributed by atoms with van der Waals surface area (Å²) in [6.45, 7) is 1.85. The van der Waals surface area contributed by atoms with E-state index < -0.39 is 17.6 Å². The van der Waals surface area contributed by atoms with Gasteiger partial charge in [-0.25, -0.2) is 4.39 Å². The maximum Gasteiger partial charge on any atom is 0.265 e. The highest BCUT2D eigenvalue weighted by atomic mass is 79.9. The van der Waals surface area contributed by atoms with Crippen LogP contribution in [0.3, 0.4) is 0 Å². The Morgan fingerprint density at radius 3 is 2.60 bits per heavy atom. The molecule has 0 bridgehead atoms. The average molecular weight is 357 g/mol. The fourth-order valence-electron chi connectivity index (χ4n) is 1.53. The highest BCUT2D eigenvalue weighted by molar-refractivity contribution is 9.11. The van der Waals surface area contributed by atoms with Gasteiger partial charge in [0.2, 0.25) is 5.91 Å². The number of nitrogens with two attached hydrogens (primary N) is 1. The molecule has 0 atom stereocenters. The first-order valence-corrected chi connectivity index (χ1v) is 7.16. The SMILES string of the molecule is Cc1cc(C(=O)Nc2cc(C(N)=O)ccc2F)sc1Br. The Kier molecular flexibility index (Phi) is 4.20. The lowest BCUT2D eigenvalue weighted by Gasteiger charge is -2.06. The second-order valence-electron chi connectivity index (χ2n) is 4.08. The summed E-state index contributed by atoms with van der Waals surface area (Å²) in [5.41, 5.74) is 6.10. The molecule has 0 aliphatic rings. The summed E-state index contributed by atoms with van der Waals surface area (Å²) in [5, 5.41) is 2.43. The molecule has 20 heavy (non-hydrogen) atoms. The number of primary amides is 1. The molecule has 7 heteroatoms. The molecule has 2 aromatic rings. The van der Waals surface area contributed by atoms with Crippen LogP contribution in [0.2, 0.25) is 0 Å². The lowest BCUT2D eigenvalue weighted by molar-refractivity contribution is 0.0996. The fourth-order valence-corrected chi connectivity index (χ4v) is 2.96. The molecule has 0 fully saturated rings. The third-order valence-corrected chi connectivity index (χ3v) is 4.72. The van der Waals surface area contributed by atoms with Crippen molar-refractivity contribution in [2.75, 3.05) is 5.32 Å². The highest BCUT2D eigenvalue weighted by Crippen LogP contribution is 2.28. The number of amides is 2. The summed E-state index contributed by atoms with van der Waals surface area (Å²) in [7, 11) is 0. The van der Waals surface area contributed by atoms with Crippen molar-refractivity contribution >= 4 is 44.8 Å². The van der Waals surface area contributed by atoms with E-state index in [0.717, 1.165) is 15.4 Å². The first kappa shape index (κ1) is 14.7. The molecule has 1 aromatic heterocycles. The van der Waals surface area contributed by atoms with Crippen LogP contribution in [0, 0.1) is 12.7 Å². The van der Waals surface area contributed by atoms with Crippen molar-refractivity contribution in [3.63, 3.8) is 0 Å². The third kappa shape index (κ3) is 3.05. The van der Waals surface area contributed by atoms with Gasteiger partial charge >= 0.3 is 0 Å². The number of rotatable bonds is 3. The smallest absolute Gasteiger partial charge is 0.265 e. The topological polar surface area (TPSA) is 72.2 Å². The van der Waals surface area contributed by atoms with Crippen LogP contribution >= 0.6 is 27.3 Å². The number of benzene rings is 1. The van der Waals surface area contributed by atoms with Crippen molar-refractivity contribution in [3.05, 3.63) is 49.9 Å². The van der Waals surface area contributed by atoms with E-state index in [9.17, 15) is 14.0 Å². The minimum absolute atomic E-state index is 0.0755. The van der Waals surface area contributed by atoms with Crippen LogP contribution < -0.4 is 11.1 Å². The van der Waals surface area contributed by atoms with Crippen molar-refractivity contribution in [3.8, 4) is 0 Å². The molecule has 3 N–H and O–H groups in total. The monoisotopic (exact) mass is 356 g/mol. The van der Waals surface area contributed by atoms with E-state index in [1.165, 1.54) is 23.5 Å². The van der Waals surface area contributed by atoms with Gasteiger partial charge in [-0.1, -0.05) is 0 Å². The van der Waals surface area contributed by atoms with Crippen molar-refractivity contribution in [1.82, 2.24) is 0 Å². The van der Waals surface area contributed by atoms with Crippen molar-refractivity contribution in [2.24, 2.45) is 5.73 Å². The molecule has 1 heterocycles. The summed E-state index contributed by atoms with van der Waals surface area (Å²) in [6, 6.07) is 5.26. The molecular weight excluding hydrogens is 347 g/mol. The molecule has 4 nitrogen and oxygen atoms in total. The second kappa shape index (κ2) is 5.72. The number of halogens is 2. The summed E-state index contributed by atoms with van der Waals surface area (Å²) in [4.78, 5) is 23.5. The molecule has 104 valence electrons. The Hall–Kier alpha value is -1.73. The Morgan fingerprint density at radius 2 is 2.05 bits per heavy atom. The minimum Gasteiger partial charge on any atom is -0.366 e. The summed E-state index contributed by atoms with van der Waals surface area (Å²) in [6.07, 6.45) is 0. The first-order chi connectivity index (χ1) is 9.38. The molecule has 2 amide bonds. The second-order valence-corrected chi connectivity index (χ2v) is 6.45. The number of carbonyl (C=O) groups is 2. The zero-order valence-corrected chi connectivity index (χ0v) is 12.8. The van der Waals surface area contributed by atoms with Crippen LogP contribution in [-0.2, 0) is 0 Å². The Morgan fingerprint density at radius 1 is 1.35 bits per heavy atom. The van der Waals surface area contributed by atoms with Crippen LogP contribution in [0.1, 0.15) is 25.6 Å². The predicted molar refractivity (Wildman–Crippen MR) is 79.6 cm³/mol. The van der Waals surface area contributed by atoms with Crippen LogP contribution in [0.25, 0.3) is 0 Å². The Labute approximate surface area is 126 Å². The van der Waals surface area contributed by atoms with Gasteiger partial charge in [-0.05, 0) is 52.7 Å². The van der Waals surface area contributed by atoms with E-state index in [2.05, 4.69) is 21.2 Å². The molecule has 1 aromatic carbocycles. The van der Waals surface area contributed by atoms with E-state index in [1.807, 2.05) is 6.92 Å². The molecule has 0 saturated heterocycles. The number of anilines is 1. The van der Waals surface area contributed by atoms with Gasteiger partial charge in [0, 0.05) is 5.56 Å². The van der Waals surface area contributed by atoms with E-state index in [1.54, 1.807) is 6.07 Å². The quantitative estimate of drug-likeness (QED) is 0.885. The van der Waals surface area contributed by atoms with Crippen LogP contribution in [0.5, 0.6) is 0 Å². The maximum absolute atomic E-state index is 13.6. The number of carbonyl (C=O) groups excluding carboxylic acids is 2. The first-order valence-electron chi connectivity index (χ1n) is 5.55. The predicted octanol–water partition coefficient (Wildman–Crippen LogP) is 3.31. The van der Waals surface area contributed by atoms with Crippen molar-refractivity contribution < 1.29 is 14.0 Å². The van der Waals surface area contributed by atoms with Crippen LogP contribution in [0.4, 0.5) is 10.1 Å². The standard InChI is InChI=1S/C13H10BrFN2O2S/c1-6-4-10(20-11(6)14)13(19)17-9-5-7(12(16)18)2-3-8(9)15/h2-5H,1H3,(H2,16,18)(H,17,19). The number of hydrogen-bond donors (Lipinski definition) is 2. The van der Waals surface area contributed by atoms with Gasteiger partial charge in [0.25, 0.3) is 5.91 Å². The van der Waals surface area contributed by atoms with Crippen molar-refractivity contribution in [1.29, 1.82) is 0 Å². The number of aryl methyl sites for hydroxylation is 1. The normalized spacial score (nSPS) is 10.3. The zero-order valence-electron chi connectivity index (χ0n) is 10.4. The number of hydrogen-bond acceptors (Lipinski definition) is 3. The summed E-state index contributed by atoms with van der Waals surface area (Å²) < 4.78 is 14.5. The van der Waals surface area contributed by atoms with E-state index >= 15 is 0 Å². The number of thiophene rings is 1. The molecule has 0 saturated carbocycles. The van der Waals surface area contributed by atoms with Crippen molar-refractivity contribution in [2.45, 2.75) is 6.92 Å². The lowest BCUT2D eigenvalue weighted by Crippen LogP contribution is -2.14. The highest BCUT2D eigenvalue weighted by Gasteiger charge is 2.14.